The number of carbonyl (C=O) groups is 1. The Bertz CT molecular complexity index is 403. The van der Waals surface area contributed by atoms with Gasteiger partial charge in [-0.1, -0.05) is 13.0 Å². The van der Waals surface area contributed by atoms with Crippen molar-refractivity contribution in [3.05, 3.63) is 23.3 Å². The van der Waals surface area contributed by atoms with Crippen LogP contribution in [0.1, 0.15) is 24.5 Å². The summed E-state index contributed by atoms with van der Waals surface area (Å²) in [6.45, 7) is 6.60. The number of carbonyl (C=O) groups excluding carboxylic acids is 1. The third-order valence-corrected chi connectivity index (χ3v) is 2.49. The number of rotatable bonds is 5. The lowest BCUT2D eigenvalue weighted by Crippen LogP contribution is -2.29. The van der Waals surface area contributed by atoms with Crippen molar-refractivity contribution in [2.75, 3.05) is 18.9 Å². The highest BCUT2D eigenvalue weighted by Gasteiger charge is 2.06. The number of aryl methyl sites for hydroxylation is 2. The highest BCUT2D eigenvalue weighted by molar-refractivity contribution is 5.77. The van der Waals surface area contributed by atoms with Gasteiger partial charge in [0.05, 0.1) is 0 Å². The van der Waals surface area contributed by atoms with E-state index >= 15 is 0 Å². The molecule has 1 amide bonds. The second-order valence-corrected chi connectivity index (χ2v) is 4.11. The van der Waals surface area contributed by atoms with Crippen LogP contribution in [0.15, 0.2) is 12.1 Å². The number of amides is 1. The molecule has 4 heteroatoms. The maximum absolute atomic E-state index is 11.4. The van der Waals surface area contributed by atoms with Crippen molar-refractivity contribution < 1.29 is 9.53 Å². The van der Waals surface area contributed by atoms with Gasteiger partial charge in [0.1, 0.15) is 5.75 Å². The first-order valence-electron chi connectivity index (χ1n) is 5.80. The molecule has 1 aromatic carbocycles. The summed E-state index contributed by atoms with van der Waals surface area (Å²) in [6, 6.07) is 3.71. The van der Waals surface area contributed by atoms with Gasteiger partial charge in [0.25, 0.3) is 5.91 Å². The van der Waals surface area contributed by atoms with E-state index in [1.165, 1.54) is 0 Å². The standard InChI is InChI=1S/C13H20N2O2/c1-4-5-15-13(16)8-17-12-7-11(14)9(2)6-10(12)3/h6-7H,4-5,8,14H2,1-3H3,(H,15,16). The lowest BCUT2D eigenvalue weighted by Gasteiger charge is -2.11. The molecule has 0 atom stereocenters. The number of ether oxygens (including phenoxy) is 1. The van der Waals surface area contributed by atoms with Crippen LogP contribution in [0.25, 0.3) is 0 Å². The van der Waals surface area contributed by atoms with Crippen LogP contribution >= 0.6 is 0 Å². The van der Waals surface area contributed by atoms with Crippen LogP contribution in [0.5, 0.6) is 5.75 Å². The Morgan fingerprint density at radius 1 is 1.35 bits per heavy atom. The van der Waals surface area contributed by atoms with Crippen LogP contribution in [0.4, 0.5) is 5.69 Å². The van der Waals surface area contributed by atoms with Crippen molar-refractivity contribution >= 4 is 11.6 Å². The molecule has 0 aromatic heterocycles. The minimum atomic E-state index is -0.106. The summed E-state index contributed by atoms with van der Waals surface area (Å²) in [4.78, 5) is 11.4. The summed E-state index contributed by atoms with van der Waals surface area (Å²) in [5.74, 6) is 0.560. The molecule has 0 fully saturated rings. The average Bonchev–Trinajstić information content (AvgIpc) is 2.29. The molecule has 0 heterocycles. The van der Waals surface area contributed by atoms with Crippen LogP contribution in [0.2, 0.25) is 0 Å². The van der Waals surface area contributed by atoms with Gasteiger partial charge in [-0.2, -0.15) is 0 Å². The minimum absolute atomic E-state index is 0.0311. The van der Waals surface area contributed by atoms with Gasteiger partial charge in [0.2, 0.25) is 0 Å². The van der Waals surface area contributed by atoms with E-state index in [0.29, 0.717) is 18.0 Å². The second-order valence-electron chi connectivity index (χ2n) is 4.11. The number of nitrogens with two attached hydrogens (primary N) is 1. The smallest absolute Gasteiger partial charge is 0.257 e. The molecule has 0 bridgehead atoms. The number of hydrogen-bond donors (Lipinski definition) is 2. The lowest BCUT2D eigenvalue weighted by atomic mass is 10.1. The molecule has 0 radical (unpaired) electrons. The highest BCUT2D eigenvalue weighted by Crippen LogP contribution is 2.24. The van der Waals surface area contributed by atoms with Crippen molar-refractivity contribution in [2.45, 2.75) is 27.2 Å². The van der Waals surface area contributed by atoms with Crippen LogP contribution in [0.3, 0.4) is 0 Å². The molecule has 0 unspecified atom stereocenters. The number of anilines is 1. The fourth-order valence-corrected chi connectivity index (χ4v) is 1.46. The topological polar surface area (TPSA) is 64.3 Å². The van der Waals surface area contributed by atoms with Gasteiger partial charge < -0.3 is 15.8 Å². The molecule has 0 aliphatic heterocycles. The average molecular weight is 236 g/mol. The fourth-order valence-electron chi connectivity index (χ4n) is 1.46. The molecule has 1 rings (SSSR count). The monoisotopic (exact) mass is 236 g/mol. The fraction of sp³-hybridized carbons (Fsp3) is 0.462. The summed E-state index contributed by atoms with van der Waals surface area (Å²) in [5.41, 5.74) is 8.48. The summed E-state index contributed by atoms with van der Waals surface area (Å²) in [5, 5.41) is 2.75. The Morgan fingerprint density at radius 2 is 2.06 bits per heavy atom. The molecule has 0 spiro atoms. The van der Waals surface area contributed by atoms with Gasteiger partial charge in [-0.3, -0.25) is 4.79 Å². The Morgan fingerprint density at radius 3 is 2.71 bits per heavy atom. The molecule has 0 aliphatic rings. The van der Waals surface area contributed by atoms with Gasteiger partial charge in [-0.15, -0.1) is 0 Å². The zero-order valence-corrected chi connectivity index (χ0v) is 10.7. The molecule has 17 heavy (non-hydrogen) atoms. The van der Waals surface area contributed by atoms with E-state index in [1.807, 2.05) is 26.8 Å². The van der Waals surface area contributed by atoms with E-state index in [2.05, 4.69) is 5.32 Å². The summed E-state index contributed by atoms with van der Waals surface area (Å²) >= 11 is 0. The quantitative estimate of drug-likeness (QED) is 0.766. The molecule has 0 saturated heterocycles. The molecule has 0 aliphatic carbocycles. The second kappa shape index (κ2) is 6.13. The number of nitrogens with one attached hydrogen (secondary N) is 1. The van der Waals surface area contributed by atoms with Crippen LogP contribution in [0, 0.1) is 13.8 Å². The highest BCUT2D eigenvalue weighted by atomic mass is 16.5. The molecular formula is C13H20N2O2. The van der Waals surface area contributed by atoms with E-state index in [1.54, 1.807) is 6.07 Å². The number of benzene rings is 1. The first-order chi connectivity index (χ1) is 8.04. The van der Waals surface area contributed by atoms with Crippen LogP contribution < -0.4 is 15.8 Å². The van der Waals surface area contributed by atoms with E-state index in [9.17, 15) is 4.79 Å². The van der Waals surface area contributed by atoms with Gasteiger partial charge >= 0.3 is 0 Å². The van der Waals surface area contributed by atoms with E-state index < -0.39 is 0 Å². The van der Waals surface area contributed by atoms with Gasteiger partial charge in [0, 0.05) is 18.3 Å². The Kier molecular flexibility index (Phi) is 4.82. The number of hydrogen-bond acceptors (Lipinski definition) is 3. The molecule has 1 aromatic rings. The van der Waals surface area contributed by atoms with Crippen molar-refractivity contribution in [3.8, 4) is 5.75 Å². The zero-order valence-electron chi connectivity index (χ0n) is 10.7. The zero-order chi connectivity index (χ0) is 12.8. The third kappa shape index (κ3) is 3.98. The van der Waals surface area contributed by atoms with E-state index in [-0.39, 0.29) is 12.5 Å². The Balaban J connectivity index is 2.57. The maximum Gasteiger partial charge on any atom is 0.257 e. The normalized spacial score (nSPS) is 10.1. The van der Waals surface area contributed by atoms with Gasteiger partial charge in [-0.25, -0.2) is 0 Å². The summed E-state index contributed by atoms with van der Waals surface area (Å²) in [7, 11) is 0. The van der Waals surface area contributed by atoms with Crippen LogP contribution in [-0.4, -0.2) is 19.1 Å². The van der Waals surface area contributed by atoms with E-state index in [0.717, 1.165) is 17.5 Å². The van der Waals surface area contributed by atoms with Crippen molar-refractivity contribution in [1.29, 1.82) is 0 Å². The molecular weight excluding hydrogens is 216 g/mol. The summed E-state index contributed by atoms with van der Waals surface area (Å²) < 4.78 is 5.44. The van der Waals surface area contributed by atoms with E-state index in [4.69, 9.17) is 10.5 Å². The SMILES string of the molecule is CCCNC(=O)COc1cc(N)c(C)cc1C. The van der Waals surface area contributed by atoms with Gasteiger partial charge in [0.15, 0.2) is 6.61 Å². The molecule has 4 nitrogen and oxygen atoms in total. The van der Waals surface area contributed by atoms with Gasteiger partial charge in [-0.05, 0) is 31.4 Å². The first-order valence-corrected chi connectivity index (χ1v) is 5.80. The summed E-state index contributed by atoms with van der Waals surface area (Å²) in [6.07, 6.45) is 0.919. The van der Waals surface area contributed by atoms with Crippen molar-refractivity contribution in [2.24, 2.45) is 0 Å². The minimum Gasteiger partial charge on any atom is -0.483 e. The lowest BCUT2D eigenvalue weighted by molar-refractivity contribution is -0.123. The molecule has 0 saturated carbocycles. The van der Waals surface area contributed by atoms with Crippen molar-refractivity contribution in [1.82, 2.24) is 5.32 Å². The predicted molar refractivity (Wildman–Crippen MR) is 69.1 cm³/mol. The maximum atomic E-state index is 11.4. The molecule has 94 valence electrons. The Labute approximate surface area is 102 Å². The third-order valence-electron chi connectivity index (χ3n) is 2.49. The Hall–Kier alpha value is -1.71. The number of nitrogen functional groups attached to an aromatic ring is 1. The first kappa shape index (κ1) is 13.4. The van der Waals surface area contributed by atoms with Crippen LogP contribution in [-0.2, 0) is 4.79 Å². The predicted octanol–water partition coefficient (Wildman–Crippen LogP) is 1.79. The largest absolute Gasteiger partial charge is 0.483 e. The van der Waals surface area contributed by atoms with Crippen molar-refractivity contribution in [3.63, 3.8) is 0 Å². The molecule has 3 N–H and O–H groups in total.